The Kier molecular flexibility index (Phi) is 6.25. The monoisotopic (exact) mass is 381 g/mol. The van der Waals surface area contributed by atoms with Crippen molar-refractivity contribution in [2.24, 2.45) is 0 Å². The molecular formula is C23H31N3O2. The molecule has 0 bridgehead atoms. The molecule has 2 aliphatic heterocycles. The predicted molar refractivity (Wildman–Crippen MR) is 112 cm³/mol. The molecule has 28 heavy (non-hydrogen) atoms. The Hall–Kier alpha value is -1.95. The molecule has 0 radical (unpaired) electrons. The van der Waals surface area contributed by atoms with Gasteiger partial charge in [-0.1, -0.05) is 42.5 Å². The number of benzene rings is 2. The van der Waals surface area contributed by atoms with Gasteiger partial charge < -0.3 is 10.1 Å². The topological polar surface area (TPSA) is 44.8 Å². The highest BCUT2D eigenvalue weighted by molar-refractivity contribution is 5.85. The van der Waals surface area contributed by atoms with Gasteiger partial charge in [0, 0.05) is 45.9 Å². The first kappa shape index (κ1) is 19.4. The Labute approximate surface area is 167 Å². The zero-order valence-electron chi connectivity index (χ0n) is 16.8. The van der Waals surface area contributed by atoms with E-state index in [1.807, 2.05) is 6.92 Å². The number of ether oxygens (including phenoxy) is 1. The average Bonchev–Trinajstić information content (AvgIpc) is 3.26. The molecule has 2 aromatic rings. The first-order valence-corrected chi connectivity index (χ1v) is 10.5. The number of fused-ring (bicyclic) bond motifs is 1. The van der Waals surface area contributed by atoms with E-state index < -0.39 is 0 Å². The lowest BCUT2D eigenvalue weighted by molar-refractivity contribution is -0.127. The van der Waals surface area contributed by atoms with Gasteiger partial charge in [0.1, 0.15) is 0 Å². The van der Waals surface area contributed by atoms with Gasteiger partial charge in [-0.25, -0.2) is 0 Å². The molecule has 150 valence electrons. The van der Waals surface area contributed by atoms with Gasteiger partial charge >= 0.3 is 0 Å². The third-order valence-electron chi connectivity index (χ3n) is 6.14. The molecule has 5 heteroatoms. The summed E-state index contributed by atoms with van der Waals surface area (Å²) in [5.74, 6) is 0.123. The van der Waals surface area contributed by atoms with Gasteiger partial charge in [0.15, 0.2) is 0 Å². The van der Waals surface area contributed by atoms with E-state index in [-0.39, 0.29) is 18.1 Å². The molecule has 0 spiro atoms. The summed E-state index contributed by atoms with van der Waals surface area (Å²) < 4.78 is 5.59. The van der Waals surface area contributed by atoms with Crippen molar-refractivity contribution in [1.82, 2.24) is 15.1 Å². The van der Waals surface area contributed by atoms with Gasteiger partial charge in [-0.15, -0.1) is 0 Å². The minimum Gasteiger partial charge on any atom is -0.376 e. The van der Waals surface area contributed by atoms with E-state index in [4.69, 9.17) is 4.74 Å². The zero-order valence-corrected chi connectivity index (χ0v) is 16.8. The average molecular weight is 382 g/mol. The number of nitrogens with zero attached hydrogens (tertiary/aromatic N) is 2. The van der Waals surface area contributed by atoms with Gasteiger partial charge in [-0.3, -0.25) is 14.6 Å². The second-order valence-electron chi connectivity index (χ2n) is 8.01. The SMILES string of the molecule is C[C@@H](C(=O)NC[C@@H]1CCCO1)N1CCN(Cc2cccc3ccccc23)CC1. The van der Waals surface area contributed by atoms with Crippen LogP contribution in [0.4, 0.5) is 0 Å². The summed E-state index contributed by atoms with van der Waals surface area (Å²) in [4.78, 5) is 17.3. The first-order valence-electron chi connectivity index (χ1n) is 10.5. The van der Waals surface area contributed by atoms with E-state index >= 15 is 0 Å². The first-order chi connectivity index (χ1) is 13.7. The molecule has 1 amide bonds. The molecular weight excluding hydrogens is 350 g/mol. The van der Waals surface area contributed by atoms with Crippen molar-refractivity contribution in [2.75, 3.05) is 39.3 Å². The van der Waals surface area contributed by atoms with E-state index in [9.17, 15) is 4.79 Å². The minimum absolute atomic E-state index is 0.0823. The minimum atomic E-state index is -0.0823. The predicted octanol–water partition coefficient (Wildman–Crippen LogP) is 2.64. The van der Waals surface area contributed by atoms with Crippen molar-refractivity contribution in [2.45, 2.75) is 38.5 Å². The van der Waals surface area contributed by atoms with Gasteiger partial charge in [0.25, 0.3) is 0 Å². The van der Waals surface area contributed by atoms with Crippen LogP contribution in [0.1, 0.15) is 25.3 Å². The van der Waals surface area contributed by atoms with Crippen LogP contribution in [0.15, 0.2) is 42.5 Å². The summed E-state index contributed by atoms with van der Waals surface area (Å²) >= 11 is 0. The Morgan fingerprint density at radius 3 is 2.71 bits per heavy atom. The van der Waals surface area contributed by atoms with Gasteiger partial charge in [0.05, 0.1) is 12.1 Å². The lowest BCUT2D eigenvalue weighted by Crippen LogP contribution is -2.54. The molecule has 0 aromatic heterocycles. The van der Waals surface area contributed by atoms with Crippen LogP contribution in [0.5, 0.6) is 0 Å². The van der Waals surface area contributed by atoms with E-state index in [0.717, 1.165) is 52.2 Å². The van der Waals surface area contributed by atoms with Crippen LogP contribution in [0, 0.1) is 0 Å². The molecule has 5 nitrogen and oxygen atoms in total. The Balaban J connectivity index is 1.27. The summed E-state index contributed by atoms with van der Waals surface area (Å²) in [6, 6.07) is 15.1. The molecule has 4 rings (SSSR count). The molecule has 0 saturated carbocycles. The number of nitrogens with one attached hydrogen (secondary N) is 1. The molecule has 2 aliphatic rings. The van der Waals surface area contributed by atoms with Gasteiger partial charge in [-0.05, 0) is 36.1 Å². The number of carbonyl (C=O) groups excluding carboxylic acids is 1. The molecule has 0 unspecified atom stereocenters. The largest absolute Gasteiger partial charge is 0.376 e. The van der Waals surface area contributed by atoms with Crippen LogP contribution in [-0.2, 0) is 16.1 Å². The highest BCUT2D eigenvalue weighted by Crippen LogP contribution is 2.21. The fourth-order valence-corrected chi connectivity index (χ4v) is 4.31. The highest BCUT2D eigenvalue weighted by Gasteiger charge is 2.26. The van der Waals surface area contributed by atoms with E-state index in [1.165, 1.54) is 16.3 Å². The molecule has 2 aromatic carbocycles. The summed E-state index contributed by atoms with van der Waals surface area (Å²) in [6.07, 6.45) is 2.37. The zero-order chi connectivity index (χ0) is 19.3. The normalized spacial score (nSPS) is 22.4. The van der Waals surface area contributed by atoms with E-state index in [1.54, 1.807) is 0 Å². The van der Waals surface area contributed by atoms with Crippen LogP contribution in [0.25, 0.3) is 10.8 Å². The van der Waals surface area contributed by atoms with Crippen LogP contribution < -0.4 is 5.32 Å². The maximum atomic E-state index is 12.5. The van der Waals surface area contributed by atoms with Crippen LogP contribution in [0.3, 0.4) is 0 Å². The maximum Gasteiger partial charge on any atom is 0.237 e. The third-order valence-corrected chi connectivity index (χ3v) is 6.14. The van der Waals surface area contributed by atoms with Crippen molar-refractivity contribution in [3.05, 3.63) is 48.0 Å². The summed E-state index contributed by atoms with van der Waals surface area (Å²) in [5, 5.41) is 5.72. The van der Waals surface area contributed by atoms with Gasteiger partial charge in [-0.2, -0.15) is 0 Å². The lowest BCUT2D eigenvalue weighted by Gasteiger charge is -2.37. The number of amides is 1. The quantitative estimate of drug-likeness (QED) is 0.836. The Morgan fingerprint density at radius 2 is 1.93 bits per heavy atom. The standard InChI is InChI=1S/C23H31N3O2/c1-18(23(27)24-16-21-9-5-15-28-21)26-13-11-25(12-14-26)17-20-8-4-7-19-6-2-3-10-22(19)20/h2-4,6-8,10,18,21H,5,9,11-17H2,1H3,(H,24,27)/t18-,21-/m0/s1. The van der Waals surface area contributed by atoms with Crippen LogP contribution in [-0.4, -0.2) is 67.2 Å². The van der Waals surface area contributed by atoms with Crippen molar-refractivity contribution >= 4 is 16.7 Å². The van der Waals surface area contributed by atoms with Gasteiger partial charge in [0.2, 0.25) is 5.91 Å². The lowest BCUT2D eigenvalue weighted by atomic mass is 10.0. The molecule has 2 heterocycles. The van der Waals surface area contributed by atoms with E-state index in [0.29, 0.717) is 6.54 Å². The van der Waals surface area contributed by atoms with Crippen molar-refractivity contribution in [3.63, 3.8) is 0 Å². The van der Waals surface area contributed by atoms with Crippen LogP contribution >= 0.6 is 0 Å². The number of hydrogen-bond donors (Lipinski definition) is 1. The fourth-order valence-electron chi connectivity index (χ4n) is 4.31. The van der Waals surface area contributed by atoms with Crippen molar-refractivity contribution in [1.29, 1.82) is 0 Å². The van der Waals surface area contributed by atoms with E-state index in [2.05, 4.69) is 57.6 Å². The highest BCUT2D eigenvalue weighted by atomic mass is 16.5. The molecule has 2 saturated heterocycles. The molecule has 2 fully saturated rings. The second kappa shape index (κ2) is 9.03. The Morgan fingerprint density at radius 1 is 1.14 bits per heavy atom. The number of piperazine rings is 1. The van der Waals surface area contributed by atoms with Crippen molar-refractivity contribution < 1.29 is 9.53 Å². The molecule has 2 atom stereocenters. The van der Waals surface area contributed by atoms with Crippen molar-refractivity contribution in [3.8, 4) is 0 Å². The molecule has 1 N–H and O–H groups in total. The van der Waals surface area contributed by atoms with Crippen LogP contribution in [0.2, 0.25) is 0 Å². The summed E-state index contributed by atoms with van der Waals surface area (Å²) in [6.45, 7) is 8.30. The maximum absolute atomic E-state index is 12.5. The number of carbonyl (C=O) groups is 1. The second-order valence-corrected chi connectivity index (χ2v) is 8.01. The third kappa shape index (κ3) is 4.54. The fraction of sp³-hybridized carbons (Fsp3) is 0.522. The number of rotatable bonds is 6. The summed E-state index contributed by atoms with van der Waals surface area (Å²) in [5.41, 5.74) is 1.38. The molecule has 0 aliphatic carbocycles. The Bertz CT molecular complexity index is 790. The summed E-state index contributed by atoms with van der Waals surface area (Å²) in [7, 11) is 0. The smallest absolute Gasteiger partial charge is 0.237 e. The number of hydrogen-bond acceptors (Lipinski definition) is 4.